The monoisotopic (exact) mass is 714 g/mol. The van der Waals surface area contributed by atoms with Crippen LogP contribution in [0.3, 0.4) is 0 Å². The molecule has 0 saturated heterocycles. The number of benzene rings is 9. The van der Waals surface area contributed by atoms with Gasteiger partial charge in [-0.2, -0.15) is 0 Å². The first-order valence-electron chi connectivity index (χ1n) is 18.9. The van der Waals surface area contributed by atoms with E-state index >= 15 is 0 Å². The van der Waals surface area contributed by atoms with Gasteiger partial charge in [0.1, 0.15) is 28.0 Å². The Kier molecular flexibility index (Phi) is 6.60. The van der Waals surface area contributed by atoms with Crippen LogP contribution >= 0.6 is 0 Å². The molecule has 0 aliphatic carbocycles. The Morgan fingerprint density at radius 3 is 1.52 bits per heavy atom. The first-order chi connectivity index (χ1) is 27.7. The summed E-state index contributed by atoms with van der Waals surface area (Å²) in [5, 5.41) is 10.7. The molecule has 4 heteroatoms. The van der Waals surface area contributed by atoms with Crippen molar-refractivity contribution in [3.8, 4) is 44.9 Å². The minimum absolute atomic E-state index is 0.667. The first kappa shape index (κ1) is 30.9. The molecule has 0 fully saturated rings. The van der Waals surface area contributed by atoms with Crippen molar-refractivity contribution < 1.29 is 8.83 Å². The highest BCUT2D eigenvalue weighted by Crippen LogP contribution is 2.42. The Morgan fingerprint density at radius 1 is 0.304 bits per heavy atom. The molecule has 0 atom stereocenters. The molecule has 0 unspecified atom stereocenters. The van der Waals surface area contributed by atoms with Gasteiger partial charge in [0.05, 0.1) is 0 Å². The third kappa shape index (κ3) is 4.66. The fourth-order valence-electron chi connectivity index (χ4n) is 8.61. The van der Waals surface area contributed by atoms with Gasteiger partial charge in [-0.25, -0.2) is 9.97 Å². The highest BCUT2D eigenvalue weighted by atomic mass is 16.3. The van der Waals surface area contributed by atoms with Crippen LogP contribution in [0.4, 0.5) is 0 Å². The second-order valence-corrected chi connectivity index (χ2v) is 14.5. The lowest BCUT2D eigenvalue weighted by Crippen LogP contribution is -1.93. The van der Waals surface area contributed by atoms with E-state index < -0.39 is 0 Å². The number of hydrogen-bond acceptors (Lipinski definition) is 4. The molecule has 12 aromatic rings. The van der Waals surface area contributed by atoms with Crippen LogP contribution in [0.1, 0.15) is 0 Å². The Hall–Kier alpha value is -7.56. The minimum atomic E-state index is 0.667. The average Bonchev–Trinajstić information content (AvgIpc) is 3.84. The predicted molar refractivity (Wildman–Crippen MR) is 231 cm³/mol. The van der Waals surface area contributed by atoms with E-state index in [2.05, 4.69) is 127 Å². The molecule has 4 nitrogen and oxygen atoms in total. The lowest BCUT2D eigenvalue weighted by molar-refractivity contribution is 0.667. The van der Waals surface area contributed by atoms with Crippen LogP contribution in [-0.4, -0.2) is 9.97 Å². The second-order valence-electron chi connectivity index (χ2n) is 14.5. The summed E-state index contributed by atoms with van der Waals surface area (Å²) in [6, 6.07) is 63.9. The van der Waals surface area contributed by atoms with Crippen LogP contribution in [-0.2, 0) is 0 Å². The molecule has 0 N–H and O–H groups in total. The van der Waals surface area contributed by atoms with Gasteiger partial charge in [0, 0.05) is 32.8 Å². The largest absolute Gasteiger partial charge is 0.455 e. The maximum Gasteiger partial charge on any atom is 0.180 e. The van der Waals surface area contributed by atoms with Crippen molar-refractivity contribution in [3.63, 3.8) is 0 Å². The fourth-order valence-corrected chi connectivity index (χ4v) is 8.61. The van der Waals surface area contributed by atoms with E-state index in [0.29, 0.717) is 11.4 Å². The molecular weight excluding hydrogens is 685 g/mol. The van der Waals surface area contributed by atoms with Gasteiger partial charge in [-0.3, -0.25) is 0 Å². The quantitative estimate of drug-likeness (QED) is 0.170. The molecular formula is C52H30N2O2. The Bertz CT molecular complexity index is 3490. The van der Waals surface area contributed by atoms with Crippen molar-refractivity contribution in [1.82, 2.24) is 9.97 Å². The molecule has 0 aliphatic heterocycles. The van der Waals surface area contributed by atoms with E-state index in [1.807, 2.05) is 54.6 Å². The summed E-state index contributed by atoms with van der Waals surface area (Å²) in [4.78, 5) is 10.1. The van der Waals surface area contributed by atoms with Gasteiger partial charge < -0.3 is 8.83 Å². The smallest absolute Gasteiger partial charge is 0.180 e. The number of hydrogen-bond donors (Lipinski definition) is 0. The van der Waals surface area contributed by atoms with Gasteiger partial charge in [0.25, 0.3) is 0 Å². The topological polar surface area (TPSA) is 52.1 Å². The number of furan rings is 2. The number of rotatable bonds is 4. The summed E-state index contributed by atoms with van der Waals surface area (Å²) in [5.41, 5.74) is 11.1. The maximum absolute atomic E-state index is 6.69. The second kappa shape index (κ2) is 12.0. The van der Waals surface area contributed by atoms with Crippen LogP contribution < -0.4 is 0 Å². The summed E-state index contributed by atoms with van der Waals surface area (Å²) in [6.07, 6.45) is 0. The van der Waals surface area contributed by atoms with E-state index in [0.717, 1.165) is 77.5 Å². The lowest BCUT2D eigenvalue weighted by atomic mass is 9.92. The normalized spacial score (nSPS) is 11.9. The van der Waals surface area contributed by atoms with Crippen LogP contribution in [0, 0.1) is 0 Å². The Balaban J connectivity index is 1.01. The average molecular weight is 715 g/mol. The summed E-state index contributed by atoms with van der Waals surface area (Å²) < 4.78 is 13.2. The van der Waals surface area contributed by atoms with Gasteiger partial charge in [0.15, 0.2) is 11.4 Å². The SMILES string of the molecule is c1ccc(-c2nc(-c3ccccc3)c3oc4ccc(-c5ccc6oc7c(-c8ccc9c%10ccccc%10c%10ccccc%10c9c8)cccc7c6c5)cc4c3n2)cc1. The molecule has 3 heterocycles. The van der Waals surface area contributed by atoms with Gasteiger partial charge in [-0.05, 0) is 79.3 Å². The summed E-state index contributed by atoms with van der Waals surface area (Å²) in [7, 11) is 0. The standard InChI is InChI=1S/C52H30N2O2/c1-3-12-31(13-4-1)48-51-49(54-52(53-48)32-14-5-2-6-15-32)45-29-34(24-27-47(45)56-51)33-23-26-46-44(28-33)42-21-11-20-36(50(42)55-46)35-22-25-41-39-18-8-7-16-37(39)38-17-9-10-19-40(38)43(41)30-35/h1-30H. The molecule has 0 bridgehead atoms. The zero-order valence-corrected chi connectivity index (χ0v) is 30.0. The van der Waals surface area contributed by atoms with Crippen LogP contribution in [0.15, 0.2) is 191 Å². The van der Waals surface area contributed by atoms with Crippen molar-refractivity contribution >= 4 is 76.3 Å². The highest BCUT2D eigenvalue weighted by molar-refractivity contribution is 6.26. The van der Waals surface area contributed by atoms with Crippen LogP contribution in [0.5, 0.6) is 0 Å². The third-order valence-corrected chi connectivity index (χ3v) is 11.3. The maximum atomic E-state index is 6.69. The van der Waals surface area contributed by atoms with E-state index in [4.69, 9.17) is 18.8 Å². The summed E-state index contributed by atoms with van der Waals surface area (Å²) in [6.45, 7) is 0. The zero-order valence-electron chi connectivity index (χ0n) is 30.0. The summed E-state index contributed by atoms with van der Waals surface area (Å²) >= 11 is 0. The Labute approximate surface area is 320 Å². The molecule has 56 heavy (non-hydrogen) atoms. The van der Waals surface area contributed by atoms with Crippen LogP contribution in [0.2, 0.25) is 0 Å². The molecule has 0 amide bonds. The first-order valence-corrected chi connectivity index (χ1v) is 18.9. The molecule has 260 valence electrons. The third-order valence-electron chi connectivity index (χ3n) is 11.3. The molecule has 3 aromatic heterocycles. The number of nitrogens with zero attached hydrogens (tertiary/aromatic N) is 2. The van der Waals surface area contributed by atoms with Crippen LogP contribution in [0.25, 0.3) is 121 Å². The molecule has 0 radical (unpaired) electrons. The van der Waals surface area contributed by atoms with E-state index in [1.54, 1.807) is 0 Å². The number of para-hydroxylation sites is 1. The van der Waals surface area contributed by atoms with Gasteiger partial charge >= 0.3 is 0 Å². The van der Waals surface area contributed by atoms with Crippen molar-refractivity contribution in [2.45, 2.75) is 0 Å². The predicted octanol–water partition coefficient (Wildman–Crippen LogP) is 14.4. The van der Waals surface area contributed by atoms with E-state index in [1.165, 1.54) is 32.3 Å². The van der Waals surface area contributed by atoms with Gasteiger partial charge in [-0.1, -0.05) is 152 Å². The van der Waals surface area contributed by atoms with E-state index in [-0.39, 0.29) is 0 Å². The Morgan fingerprint density at radius 2 is 0.821 bits per heavy atom. The number of fused-ring (bicyclic) bond motifs is 12. The zero-order chi connectivity index (χ0) is 36.7. The van der Waals surface area contributed by atoms with Crippen molar-refractivity contribution in [1.29, 1.82) is 0 Å². The molecule has 9 aromatic carbocycles. The molecule has 0 spiro atoms. The van der Waals surface area contributed by atoms with Crippen molar-refractivity contribution in [2.75, 3.05) is 0 Å². The van der Waals surface area contributed by atoms with Crippen molar-refractivity contribution in [2.24, 2.45) is 0 Å². The van der Waals surface area contributed by atoms with Crippen molar-refractivity contribution in [3.05, 3.63) is 182 Å². The highest BCUT2D eigenvalue weighted by Gasteiger charge is 2.20. The molecule has 0 saturated carbocycles. The van der Waals surface area contributed by atoms with Gasteiger partial charge in [0.2, 0.25) is 0 Å². The van der Waals surface area contributed by atoms with Gasteiger partial charge in [-0.15, -0.1) is 0 Å². The summed E-state index contributed by atoms with van der Waals surface area (Å²) in [5.74, 6) is 0.667. The fraction of sp³-hybridized carbons (Fsp3) is 0. The number of aromatic nitrogens is 2. The molecule has 12 rings (SSSR count). The minimum Gasteiger partial charge on any atom is -0.455 e. The molecule has 0 aliphatic rings. The lowest BCUT2D eigenvalue weighted by Gasteiger charge is -2.12. The van der Waals surface area contributed by atoms with E-state index in [9.17, 15) is 0 Å².